The summed E-state index contributed by atoms with van der Waals surface area (Å²) >= 11 is 0. The van der Waals surface area contributed by atoms with E-state index >= 15 is 0 Å². The van der Waals surface area contributed by atoms with Crippen molar-refractivity contribution in [2.75, 3.05) is 39.3 Å². The van der Waals surface area contributed by atoms with E-state index in [1.54, 1.807) is 6.20 Å². The minimum absolute atomic E-state index is 0.627. The molecule has 1 fully saturated rings. The quantitative estimate of drug-likeness (QED) is 0.743. The third kappa shape index (κ3) is 4.81. The lowest BCUT2D eigenvalue weighted by Gasteiger charge is -2.26. The SMILES string of the molecule is c1ccc(COCCCN2CCNCC2)nc1. The maximum atomic E-state index is 5.61. The van der Waals surface area contributed by atoms with Crippen LogP contribution in [0.1, 0.15) is 12.1 Å². The standard InChI is InChI=1S/C13H21N3O/c1-2-5-15-13(4-1)12-17-11-3-8-16-9-6-14-7-10-16/h1-2,4-5,14H,3,6-12H2. The van der Waals surface area contributed by atoms with Gasteiger partial charge in [0.25, 0.3) is 0 Å². The zero-order chi connectivity index (χ0) is 11.8. The molecular formula is C13H21N3O. The summed E-state index contributed by atoms with van der Waals surface area (Å²) in [5.74, 6) is 0. The number of hydrogen-bond acceptors (Lipinski definition) is 4. The molecule has 0 radical (unpaired) electrons. The largest absolute Gasteiger partial charge is 0.375 e. The normalized spacial score (nSPS) is 17.2. The van der Waals surface area contributed by atoms with Gasteiger partial charge in [-0.05, 0) is 18.6 Å². The monoisotopic (exact) mass is 235 g/mol. The highest BCUT2D eigenvalue weighted by Crippen LogP contribution is 1.98. The van der Waals surface area contributed by atoms with Gasteiger partial charge in [0.1, 0.15) is 0 Å². The fourth-order valence-corrected chi connectivity index (χ4v) is 1.99. The predicted octanol–water partition coefficient (Wildman–Crippen LogP) is 0.893. The van der Waals surface area contributed by atoms with Gasteiger partial charge in [-0.3, -0.25) is 4.98 Å². The lowest BCUT2D eigenvalue weighted by Crippen LogP contribution is -2.43. The highest BCUT2D eigenvalue weighted by Gasteiger charge is 2.08. The lowest BCUT2D eigenvalue weighted by molar-refractivity contribution is 0.104. The maximum absolute atomic E-state index is 5.61. The van der Waals surface area contributed by atoms with Crippen molar-refractivity contribution in [2.45, 2.75) is 13.0 Å². The molecule has 0 aromatic carbocycles. The van der Waals surface area contributed by atoms with E-state index in [2.05, 4.69) is 15.2 Å². The highest BCUT2D eigenvalue weighted by molar-refractivity contribution is 5.01. The molecule has 0 aliphatic carbocycles. The van der Waals surface area contributed by atoms with Crippen molar-refractivity contribution in [2.24, 2.45) is 0 Å². The zero-order valence-electron chi connectivity index (χ0n) is 10.3. The molecule has 1 N–H and O–H groups in total. The first-order valence-corrected chi connectivity index (χ1v) is 6.36. The molecule has 1 aromatic rings. The number of piperazine rings is 1. The Labute approximate surface area is 103 Å². The molecule has 1 aliphatic rings. The molecule has 1 aromatic heterocycles. The number of rotatable bonds is 6. The van der Waals surface area contributed by atoms with Crippen LogP contribution >= 0.6 is 0 Å². The van der Waals surface area contributed by atoms with Gasteiger partial charge in [0, 0.05) is 45.5 Å². The van der Waals surface area contributed by atoms with Crippen LogP contribution in [0.15, 0.2) is 24.4 Å². The summed E-state index contributed by atoms with van der Waals surface area (Å²) < 4.78 is 5.61. The maximum Gasteiger partial charge on any atom is 0.0887 e. The van der Waals surface area contributed by atoms with Crippen molar-refractivity contribution in [3.8, 4) is 0 Å². The van der Waals surface area contributed by atoms with E-state index in [0.717, 1.165) is 38.4 Å². The van der Waals surface area contributed by atoms with Crippen LogP contribution < -0.4 is 5.32 Å². The van der Waals surface area contributed by atoms with Crippen LogP contribution in [0.5, 0.6) is 0 Å². The first-order chi connectivity index (χ1) is 8.45. The van der Waals surface area contributed by atoms with Crippen LogP contribution in [0, 0.1) is 0 Å². The van der Waals surface area contributed by atoms with E-state index in [9.17, 15) is 0 Å². The average molecular weight is 235 g/mol. The van der Waals surface area contributed by atoms with Crippen LogP contribution in [0.25, 0.3) is 0 Å². The highest BCUT2D eigenvalue weighted by atomic mass is 16.5. The topological polar surface area (TPSA) is 37.4 Å². The second kappa shape index (κ2) is 7.37. The Morgan fingerprint density at radius 3 is 2.94 bits per heavy atom. The van der Waals surface area contributed by atoms with Crippen LogP contribution in [0.3, 0.4) is 0 Å². The Hall–Kier alpha value is -0.970. The second-order valence-corrected chi connectivity index (χ2v) is 4.32. The molecule has 0 unspecified atom stereocenters. The van der Waals surface area contributed by atoms with Gasteiger partial charge in [-0.25, -0.2) is 0 Å². The number of nitrogens with zero attached hydrogens (tertiary/aromatic N) is 2. The first-order valence-electron chi connectivity index (χ1n) is 6.36. The number of pyridine rings is 1. The molecule has 2 rings (SSSR count). The van der Waals surface area contributed by atoms with Crippen molar-refractivity contribution in [1.82, 2.24) is 15.2 Å². The predicted molar refractivity (Wildman–Crippen MR) is 67.8 cm³/mol. The fraction of sp³-hybridized carbons (Fsp3) is 0.615. The molecule has 0 amide bonds. The van der Waals surface area contributed by atoms with E-state index in [-0.39, 0.29) is 0 Å². The molecule has 0 bridgehead atoms. The summed E-state index contributed by atoms with van der Waals surface area (Å²) in [7, 11) is 0. The molecule has 1 aliphatic heterocycles. The van der Waals surface area contributed by atoms with E-state index in [4.69, 9.17) is 4.74 Å². The summed E-state index contributed by atoms with van der Waals surface area (Å²) in [6, 6.07) is 5.91. The van der Waals surface area contributed by atoms with Crippen LogP contribution in [0.2, 0.25) is 0 Å². The summed E-state index contributed by atoms with van der Waals surface area (Å²) in [5, 5.41) is 3.36. The third-order valence-corrected chi connectivity index (χ3v) is 2.95. The summed E-state index contributed by atoms with van der Waals surface area (Å²) in [6.45, 7) is 7.16. The van der Waals surface area contributed by atoms with Gasteiger partial charge in [0.2, 0.25) is 0 Å². The van der Waals surface area contributed by atoms with Crippen molar-refractivity contribution in [3.05, 3.63) is 30.1 Å². The van der Waals surface area contributed by atoms with E-state index < -0.39 is 0 Å². The molecule has 0 spiro atoms. The van der Waals surface area contributed by atoms with Gasteiger partial charge in [-0.15, -0.1) is 0 Å². The van der Waals surface area contributed by atoms with Gasteiger partial charge in [-0.2, -0.15) is 0 Å². The van der Waals surface area contributed by atoms with Crippen molar-refractivity contribution >= 4 is 0 Å². The zero-order valence-corrected chi connectivity index (χ0v) is 10.3. The summed E-state index contributed by atoms with van der Waals surface area (Å²) in [4.78, 5) is 6.71. The van der Waals surface area contributed by atoms with Gasteiger partial charge >= 0.3 is 0 Å². The Morgan fingerprint density at radius 2 is 2.18 bits per heavy atom. The molecule has 4 heteroatoms. The van der Waals surface area contributed by atoms with Crippen LogP contribution in [-0.4, -0.2) is 49.2 Å². The Morgan fingerprint density at radius 1 is 1.29 bits per heavy atom. The minimum atomic E-state index is 0.627. The number of ether oxygens (including phenoxy) is 1. The van der Waals surface area contributed by atoms with Crippen molar-refractivity contribution in [3.63, 3.8) is 0 Å². The second-order valence-electron chi connectivity index (χ2n) is 4.32. The molecule has 1 saturated heterocycles. The molecule has 94 valence electrons. The van der Waals surface area contributed by atoms with Gasteiger partial charge < -0.3 is 15.0 Å². The summed E-state index contributed by atoms with van der Waals surface area (Å²) in [6.07, 6.45) is 2.91. The number of hydrogen-bond donors (Lipinski definition) is 1. The van der Waals surface area contributed by atoms with Gasteiger partial charge in [0.15, 0.2) is 0 Å². The first kappa shape index (κ1) is 12.5. The summed E-state index contributed by atoms with van der Waals surface area (Å²) in [5.41, 5.74) is 1.01. The van der Waals surface area contributed by atoms with E-state index in [1.807, 2.05) is 18.2 Å². The van der Waals surface area contributed by atoms with Crippen molar-refractivity contribution in [1.29, 1.82) is 0 Å². The minimum Gasteiger partial charge on any atom is -0.375 e. The smallest absolute Gasteiger partial charge is 0.0887 e. The molecule has 4 nitrogen and oxygen atoms in total. The molecule has 0 saturated carbocycles. The van der Waals surface area contributed by atoms with Gasteiger partial charge in [-0.1, -0.05) is 6.07 Å². The molecule has 2 heterocycles. The van der Waals surface area contributed by atoms with Crippen LogP contribution in [0.4, 0.5) is 0 Å². The Kier molecular flexibility index (Phi) is 5.42. The van der Waals surface area contributed by atoms with Crippen LogP contribution in [-0.2, 0) is 11.3 Å². The molecule has 0 atom stereocenters. The van der Waals surface area contributed by atoms with Crippen molar-refractivity contribution < 1.29 is 4.74 Å². The number of aromatic nitrogens is 1. The Bertz CT molecular complexity index is 299. The Balaban J connectivity index is 1.51. The third-order valence-electron chi connectivity index (χ3n) is 2.95. The van der Waals surface area contributed by atoms with E-state index in [1.165, 1.54) is 13.1 Å². The number of nitrogens with one attached hydrogen (secondary N) is 1. The molecular weight excluding hydrogens is 214 g/mol. The molecule has 17 heavy (non-hydrogen) atoms. The lowest BCUT2D eigenvalue weighted by atomic mass is 10.3. The van der Waals surface area contributed by atoms with E-state index in [0.29, 0.717) is 6.61 Å². The fourth-order valence-electron chi connectivity index (χ4n) is 1.99. The van der Waals surface area contributed by atoms with Gasteiger partial charge in [0.05, 0.1) is 12.3 Å². The average Bonchev–Trinajstić information content (AvgIpc) is 2.41.